The monoisotopic (exact) mass is 697 g/mol. The van der Waals surface area contributed by atoms with E-state index in [4.69, 9.17) is 9.16 Å². The summed E-state index contributed by atoms with van der Waals surface area (Å²) in [5.74, 6) is -1.13. The molecule has 51 heavy (non-hydrogen) atoms. The van der Waals surface area contributed by atoms with Gasteiger partial charge in [-0.2, -0.15) is 0 Å². The van der Waals surface area contributed by atoms with Crippen LogP contribution in [0.3, 0.4) is 0 Å². The number of fused-ring (bicyclic) bond motifs is 3. The Balaban J connectivity index is 1.27. The molecule has 1 aliphatic carbocycles. The number of hydrogen-bond acceptors (Lipinski definition) is 5. The van der Waals surface area contributed by atoms with Gasteiger partial charge in [0.15, 0.2) is 0 Å². The largest absolute Gasteiger partial charge is 0.508 e. The lowest BCUT2D eigenvalue weighted by Crippen LogP contribution is -2.66. The van der Waals surface area contributed by atoms with Gasteiger partial charge in [-0.25, -0.2) is 0 Å². The van der Waals surface area contributed by atoms with Gasteiger partial charge in [-0.15, -0.1) is 0 Å². The Morgan fingerprint density at radius 1 is 0.863 bits per heavy atom. The number of carbonyl (C=O) groups is 2. The molecule has 1 N–H and O–H groups in total. The van der Waals surface area contributed by atoms with E-state index in [9.17, 15) is 14.7 Å². The van der Waals surface area contributed by atoms with Crippen LogP contribution in [-0.4, -0.2) is 44.6 Å². The fourth-order valence-electron chi connectivity index (χ4n) is 8.72. The molecular formula is C44H47NO5Si. The van der Waals surface area contributed by atoms with Crippen molar-refractivity contribution in [3.8, 4) is 5.75 Å². The van der Waals surface area contributed by atoms with Gasteiger partial charge in [0.25, 0.3) is 8.32 Å². The Labute approximate surface area is 302 Å². The molecule has 0 saturated carbocycles. The first kappa shape index (κ1) is 34.9. The van der Waals surface area contributed by atoms with Crippen LogP contribution in [-0.2, 0) is 18.8 Å². The first-order valence-electron chi connectivity index (χ1n) is 18.1. The number of benzene rings is 4. The molecule has 2 amide bonds. The highest BCUT2D eigenvalue weighted by atomic mass is 28.4. The van der Waals surface area contributed by atoms with E-state index in [-0.39, 0.29) is 34.6 Å². The number of phenolic OH excluding ortho intramolecular Hbond substituents is 1. The van der Waals surface area contributed by atoms with Crippen LogP contribution in [0.1, 0.15) is 52.5 Å². The fourth-order valence-corrected chi connectivity index (χ4v) is 13.3. The van der Waals surface area contributed by atoms with Crippen molar-refractivity contribution in [1.82, 2.24) is 0 Å². The van der Waals surface area contributed by atoms with Crippen molar-refractivity contribution >= 4 is 42.3 Å². The third kappa shape index (κ3) is 6.55. The van der Waals surface area contributed by atoms with Gasteiger partial charge in [-0.3, -0.25) is 14.5 Å². The van der Waals surface area contributed by atoms with E-state index >= 15 is 0 Å². The van der Waals surface area contributed by atoms with Gasteiger partial charge in [0.1, 0.15) is 5.75 Å². The average Bonchev–Trinajstić information content (AvgIpc) is 3.66. The minimum atomic E-state index is -2.88. The van der Waals surface area contributed by atoms with Gasteiger partial charge in [-0.1, -0.05) is 123 Å². The molecule has 0 radical (unpaired) electrons. The molecule has 0 unspecified atom stereocenters. The van der Waals surface area contributed by atoms with Crippen molar-refractivity contribution in [2.24, 2.45) is 17.8 Å². The second kappa shape index (κ2) is 14.2. The number of para-hydroxylation sites is 1. The van der Waals surface area contributed by atoms with Gasteiger partial charge in [0.05, 0.1) is 36.8 Å². The molecule has 262 valence electrons. The van der Waals surface area contributed by atoms with Crippen LogP contribution in [0.25, 0.3) is 6.08 Å². The topological polar surface area (TPSA) is 76.1 Å². The molecule has 2 heterocycles. The van der Waals surface area contributed by atoms with Crippen LogP contribution in [0.2, 0.25) is 5.04 Å². The lowest BCUT2D eigenvalue weighted by Gasteiger charge is -2.44. The van der Waals surface area contributed by atoms with E-state index in [2.05, 4.69) is 82.3 Å². The number of amides is 2. The summed E-state index contributed by atoms with van der Waals surface area (Å²) >= 11 is 0. The third-order valence-electron chi connectivity index (χ3n) is 11.0. The van der Waals surface area contributed by atoms with E-state index in [1.807, 2.05) is 54.6 Å². The highest BCUT2D eigenvalue weighted by Gasteiger charge is 2.58. The molecule has 4 atom stereocenters. The summed E-state index contributed by atoms with van der Waals surface area (Å²) < 4.78 is 14.1. The number of carbonyl (C=O) groups excluding carboxylic acids is 2. The molecule has 7 rings (SSSR count). The number of imide groups is 1. The summed E-state index contributed by atoms with van der Waals surface area (Å²) in [6, 6.07) is 37.8. The predicted molar refractivity (Wildman–Crippen MR) is 205 cm³/mol. The van der Waals surface area contributed by atoms with Crippen molar-refractivity contribution in [2.75, 3.05) is 18.1 Å². The number of aromatic hydroxyl groups is 1. The van der Waals surface area contributed by atoms with Crippen LogP contribution in [0, 0.1) is 17.8 Å². The summed E-state index contributed by atoms with van der Waals surface area (Å²) in [6.45, 7) is 9.70. The van der Waals surface area contributed by atoms with Crippen LogP contribution in [0.5, 0.6) is 5.75 Å². The molecule has 2 aliphatic heterocycles. The number of rotatable bonds is 10. The molecule has 4 aromatic rings. The minimum absolute atomic E-state index is 0.130. The van der Waals surface area contributed by atoms with Crippen LogP contribution in [0.4, 0.5) is 5.69 Å². The normalized spacial score (nSPS) is 22.4. The summed E-state index contributed by atoms with van der Waals surface area (Å²) in [4.78, 5) is 29.8. The fraction of sp³-hybridized carbons (Fsp3) is 0.318. The number of ether oxygens (including phenoxy) is 1. The smallest absolute Gasteiger partial charge is 0.261 e. The zero-order valence-electron chi connectivity index (χ0n) is 29.9. The van der Waals surface area contributed by atoms with Gasteiger partial charge in [-0.05, 0) is 82.6 Å². The number of nitrogens with zero attached hydrogens (tertiary/aromatic N) is 1. The maximum atomic E-state index is 14.2. The number of hydrogen-bond donors (Lipinski definition) is 1. The average molecular weight is 698 g/mol. The quantitative estimate of drug-likeness (QED) is 0.105. The molecule has 3 aliphatic rings. The second-order valence-corrected chi connectivity index (χ2v) is 19.6. The minimum Gasteiger partial charge on any atom is -0.508 e. The molecule has 6 nitrogen and oxygen atoms in total. The van der Waals surface area contributed by atoms with Crippen LogP contribution in [0.15, 0.2) is 132 Å². The summed E-state index contributed by atoms with van der Waals surface area (Å²) in [5, 5.41) is 12.2. The standard InChI is InChI=1S/C44H47NO5Si/c1-30(25-31-15-14-18-34(46)26-31)23-24-39-40-32(27-37-41(38(40)29-49-39)43(48)45(42(37)47)33-16-8-5-9-17-33)28-50-51(44(2,3)4,35-19-10-6-11-20-35)36-21-12-7-13-22-36/h5-22,25-26,37-39,41,46H,23-24,27-29H2,1-4H3/b30-25+/t37-,38+,39-,41-/m1/s1. The van der Waals surface area contributed by atoms with Gasteiger partial charge < -0.3 is 14.3 Å². The SMILES string of the molecule is C/C(=C\c1cccc(O)c1)CC[C@H]1OC[C@H]2C1=C(CO[Si](c1ccccc1)(c1ccccc1)C(C)(C)C)C[C@H]1C(=O)N(c3ccccc3)C(=O)[C@H]12. The maximum absolute atomic E-state index is 14.2. The van der Waals surface area contributed by atoms with E-state index < -0.39 is 20.2 Å². The van der Waals surface area contributed by atoms with E-state index in [1.54, 1.807) is 12.1 Å². The van der Waals surface area contributed by atoms with Gasteiger partial charge >= 0.3 is 0 Å². The molecule has 2 saturated heterocycles. The zero-order chi connectivity index (χ0) is 35.8. The van der Waals surface area contributed by atoms with E-state index in [1.165, 1.54) is 20.8 Å². The third-order valence-corrected chi connectivity index (χ3v) is 16.0. The van der Waals surface area contributed by atoms with E-state index in [0.717, 1.165) is 29.6 Å². The van der Waals surface area contributed by atoms with E-state index in [0.29, 0.717) is 25.3 Å². The first-order chi connectivity index (χ1) is 24.6. The molecular weight excluding hydrogens is 651 g/mol. The Morgan fingerprint density at radius 3 is 2.10 bits per heavy atom. The van der Waals surface area contributed by atoms with Crippen LogP contribution >= 0.6 is 0 Å². The molecule has 2 fully saturated rings. The van der Waals surface area contributed by atoms with Gasteiger partial charge in [0, 0.05) is 5.92 Å². The molecule has 4 aromatic carbocycles. The summed E-state index contributed by atoms with van der Waals surface area (Å²) in [6.07, 6.45) is 3.92. The molecule has 0 aromatic heterocycles. The Kier molecular flexibility index (Phi) is 9.72. The summed E-state index contributed by atoms with van der Waals surface area (Å²) in [7, 11) is -2.88. The Morgan fingerprint density at radius 2 is 1.49 bits per heavy atom. The van der Waals surface area contributed by atoms with Crippen molar-refractivity contribution < 1.29 is 23.9 Å². The number of allylic oxidation sites excluding steroid dienone is 1. The second-order valence-electron chi connectivity index (χ2n) is 15.2. The number of anilines is 1. The Bertz CT molecular complexity index is 1910. The number of phenols is 1. The predicted octanol–water partition coefficient (Wildman–Crippen LogP) is 7.67. The lowest BCUT2D eigenvalue weighted by atomic mass is 9.69. The highest BCUT2D eigenvalue weighted by molar-refractivity contribution is 6.99. The van der Waals surface area contributed by atoms with Crippen molar-refractivity contribution in [2.45, 2.75) is 58.1 Å². The lowest BCUT2D eigenvalue weighted by molar-refractivity contribution is -0.122. The van der Waals surface area contributed by atoms with Gasteiger partial charge in [0.2, 0.25) is 11.8 Å². The molecule has 0 spiro atoms. The summed E-state index contributed by atoms with van der Waals surface area (Å²) in [5.41, 5.74) is 5.00. The van der Waals surface area contributed by atoms with Crippen molar-refractivity contribution in [1.29, 1.82) is 0 Å². The molecule has 7 heteroatoms. The van der Waals surface area contributed by atoms with Crippen molar-refractivity contribution in [3.63, 3.8) is 0 Å². The molecule has 0 bridgehead atoms. The zero-order valence-corrected chi connectivity index (χ0v) is 30.9. The van der Waals surface area contributed by atoms with Crippen molar-refractivity contribution in [3.05, 3.63) is 138 Å². The first-order valence-corrected chi connectivity index (χ1v) is 20.0. The Hall–Kier alpha value is -4.56. The van der Waals surface area contributed by atoms with Crippen LogP contribution < -0.4 is 15.3 Å². The maximum Gasteiger partial charge on any atom is 0.261 e. The highest BCUT2D eigenvalue weighted by Crippen LogP contribution is 2.51.